The third kappa shape index (κ3) is 4.68. The number of benzene rings is 1. The molecule has 1 unspecified atom stereocenters. The van der Waals surface area contributed by atoms with Crippen LogP contribution in [0.15, 0.2) is 30.3 Å². The van der Waals surface area contributed by atoms with Gasteiger partial charge in [-0.15, -0.1) is 12.4 Å². The lowest BCUT2D eigenvalue weighted by molar-refractivity contribution is -0.235. The van der Waals surface area contributed by atoms with Gasteiger partial charge in [-0.1, -0.05) is 30.3 Å². The monoisotopic (exact) mass is 315 g/mol. The van der Waals surface area contributed by atoms with Gasteiger partial charge in [-0.3, -0.25) is 9.69 Å². The van der Waals surface area contributed by atoms with Crippen molar-refractivity contribution in [3.63, 3.8) is 0 Å². The highest BCUT2D eigenvalue weighted by Gasteiger charge is 2.45. The Hall–Kier alpha value is -1.14. The molecule has 2 N–H and O–H groups in total. The quantitative estimate of drug-likeness (QED) is 0.645. The Kier molecular flexibility index (Phi) is 6.61. The second-order valence-electron chi connectivity index (χ2n) is 5.17. The maximum atomic E-state index is 11.7. The van der Waals surface area contributed by atoms with Gasteiger partial charge < -0.3 is 14.9 Å². The van der Waals surface area contributed by atoms with Gasteiger partial charge in [0, 0.05) is 6.54 Å². The average molecular weight is 316 g/mol. The van der Waals surface area contributed by atoms with E-state index < -0.39 is 17.7 Å². The van der Waals surface area contributed by atoms with Crippen LogP contribution in [0.2, 0.25) is 0 Å². The first-order valence-electron chi connectivity index (χ1n) is 6.90. The summed E-state index contributed by atoms with van der Waals surface area (Å²) >= 11 is 0. The number of ether oxygens (including phenoxy) is 1. The fourth-order valence-corrected chi connectivity index (χ4v) is 2.59. The molecule has 2 rings (SSSR count). The largest absolute Gasteiger partial charge is 0.466 e. The number of esters is 1. The van der Waals surface area contributed by atoms with E-state index >= 15 is 0 Å². The van der Waals surface area contributed by atoms with Gasteiger partial charge in [0.2, 0.25) is 0 Å². The number of likely N-dealkylation sites (tertiary alicyclic amines) is 1. The molecule has 1 fully saturated rings. The van der Waals surface area contributed by atoms with Crippen molar-refractivity contribution < 1.29 is 19.7 Å². The number of carbonyl (C=O) groups is 1. The molecule has 0 aliphatic carbocycles. The molecule has 1 aliphatic rings. The Bertz CT molecular complexity index is 452. The van der Waals surface area contributed by atoms with E-state index in [2.05, 4.69) is 0 Å². The van der Waals surface area contributed by atoms with Crippen LogP contribution in [0.25, 0.3) is 0 Å². The molecule has 0 radical (unpaired) electrons. The van der Waals surface area contributed by atoms with Crippen LogP contribution in [0.4, 0.5) is 0 Å². The van der Waals surface area contributed by atoms with Crippen LogP contribution in [-0.4, -0.2) is 46.6 Å². The van der Waals surface area contributed by atoms with Crippen molar-refractivity contribution in [2.75, 3.05) is 19.7 Å². The summed E-state index contributed by atoms with van der Waals surface area (Å²) in [6.07, 6.45) is 0.388. The van der Waals surface area contributed by atoms with E-state index in [0.717, 1.165) is 5.56 Å². The number of rotatable bonds is 4. The van der Waals surface area contributed by atoms with Crippen LogP contribution in [0.3, 0.4) is 0 Å². The van der Waals surface area contributed by atoms with Crippen molar-refractivity contribution in [3.8, 4) is 0 Å². The van der Waals surface area contributed by atoms with Crippen molar-refractivity contribution in [2.45, 2.75) is 25.7 Å². The Morgan fingerprint density at radius 2 is 2.05 bits per heavy atom. The Labute approximate surface area is 130 Å². The lowest BCUT2D eigenvalue weighted by atomic mass is 9.90. The zero-order valence-corrected chi connectivity index (χ0v) is 12.9. The molecule has 118 valence electrons. The van der Waals surface area contributed by atoms with E-state index in [4.69, 9.17) is 4.74 Å². The van der Waals surface area contributed by atoms with Gasteiger partial charge in [0.15, 0.2) is 5.79 Å². The van der Waals surface area contributed by atoms with Crippen molar-refractivity contribution >= 4 is 18.4 Å². The zero-order chi connectivity index (χ0) is 14.6. The summed E-state index contributed by atoms with van der Waals surface area (Å²) in [5.41, 5.74) is 1.11. The Morgan fingerprint density at radius 1 is 1.38 bits per heavy atom. The fourth-order valence-electron chi connectivity index (χ4n) is 2.59. The lowest BCUT2D eigenvalue weighted by Crippen LogP contribution is -2.56. The van der Waals surface area contributed by atoms with Gasteiger partial charge in [0.1, 0.15) is 5.92 Å². The molecule has 1 aromatic carbocycles. The standard InChI is InChI=1S/C15H21NO4.ClH/c1-2-20-14(17)13-8-9-16(11-15(13,18)19)10-12-6-4-3-5-7-12;/h3-7,13,18-19H,2,8-11H2,1H3;1H. The number of nitrogens with zero attached hydrogens (tertiary/aromatic N) is 1. The second-order valence-corrected chi connectivity index (χ2v) is 5.17. The van der Waals surface area contributed by atoms with E-state index in [1.54, 1.807) is 6.92 Å². The van der Waals surface area contributed by atoms with Crippen molar-refractivity contribution in [1.29, 1.82) is 0 Å². The molecular weight excluding hydrogens is 294 g/mol. The number of carbonyl (C=O) groups excluding carboxylic acids is 1. The summed E-state index contributed by atoms with van der Waals surface area (Å²) in [5, 5.41) is 20.2. The molecule has 0 bridgehead atoms. The zero-order valence-electron chi connectivity index (χ0n) is 12.1. The summed E-state index contributed by atoms with van der Waals surface area (Å²) in [5.74, 6) is -3.43. The van der Waals surface area contributed by atoms with Crippen LogP contribution in [0.1, 0.15) is 18.9 Å². The topological polar surface area (TPSA) is 70.0 Å². The minimum Gasteiger partial charge on any atom is -0.466 e. The molecule has 0 saturated carbocycles. The Morgan fingerprint density at radius 3 is 2.62 bits per heavy atom. The Balaban J connectivity index is 0.00000220. The third-order valence-electron chi connectivity index (χ3n) is 3.57. The molecule has 0 aromatic heterocycles. The predicted octanol–water partition coefficient (Wildman–Crippen LogP) is 1.17. The molecule has 1 aromatic rings. The number of aliphatic hydroxyl groups is 2. The third-order valence-corrected chi connectivity index (χ3v) is 3.57. The summed E-state index contributed by atoms with van der Waals surface area (Å²) in [6.45, 7) is 3.28. The number of piperidine rings is 1. The van der Waals surface area contributed by atoms with Crippen LogP contribution in [-0.2, 0) is 16.1 Å². The van der Waals surface area contributed by atoms with Crippen LogP contribution < -0.4 is 0 Å². The van der Waals surface area contributed by atoms with E-state index in [9.17, 15) is 15.0 Å². The molecule has 5 nitrogen and oxygen atoms in total. The molecule has 1 heterocycles. The molecule has 0 amide bonds. The van der Waals surface area contributed by atoms with Gasteiger partial charge in [-0.25, -0.2) is 0 Å². The maximum Gasteiger partial charge on any atom is 0.314 e. The second kappa shape index (κ2) is 7.75. The molecule has 1 aliphatic heterocycles. The molecule has 21 heavy (non-hydrogen) atoms. The van der Waals surface area contributed by atoms with Crippen LogP contribution in [0, 0.1) is 5.92 Å². The molecule has 0 spiro atoms. The van der Waals surface area contributed by atoms with Crippen molar-refractivity contribution in [3.05, 3.63) is 35.9 Å². The van der Waals surface area contributed by atoms with Gasteiger partial charge in [0.25, 0.3) is 0 Å². The lowest BCUT2D eigenvalue weighted by Gasteiger charge is -2.40. The number of halogens is 1. The van der Waals surface area contributed by atoms with Crippen molar-refractivity contribution in [1.82, 2.24) is 4.90 Å². The van der Waals surface area contributed by atoms with E-state index in [0.29, 0.717) is 19.5 Å². The highest BCUT2D eigenvalue weighted by molar-refractivity contribution is 5.85. The number of hydrogen-bond acceptors (Lipinski definition) is 5. The summed E-state index contributed by atoms with van der Waals surface area (Å²) in [6, 6.07) is 9.83. The fraction of sp³-hybridized carbons (Fsp3) is 0.533. The highest BCUT2D eigenvalue weighted by atomic mass is 35.5. The first-order chi connectivity index (χ1) is 9.53. The van der Waals surface area contributed by atoms with Gasteiger partial charge in [-0.05, 0) is 25.5 Å². The maximum absolute atomic E-state index is 11.7. The van der Waals surface area contributed by atoms with E-state index in [1.165, 1.54) is 0 Å². The molecule has 1 saturated heterocycles. The van der Waals surface area contributed by atoms with E-state index in [1.807, 2.05) is 35.2 Å². The smallest absolute Gasteiger partial charge is 0.314 e. The average Bonchev–Trinajstić information content (AvgIpc) is 2.39. The minimum atomic E-state index is -2.03. The van der Waals surface area contributed by atoms with E-state index in [-0.39, 0.29) is 25.6 Å². The summed E-state index contributed by atoms with van der Waals surface area (Å²) in [4.78, 5) is 13.7. The summed E-state index contributed by atoms with van der Waals surface area (Å²) < 4.78 is 4.89. The first-order valence-corrected chi connectivity index (χ1v) is 6.90. The van der Waals surface area contributed by atoms with Gasteiger partial charge in [0.05, 0.1) is 13.2 Å². The van der Waals surface area contributed by atoms with Crippen LogP contribution >= 0.6 is 12.4 Å². The molecule has 1 atom stereocenters. The predicted molar refractivity (Wildman–Crippen MR) is 80.9 cm³/mol. The van der Waals surface area contributed by atoms with Crippen molar-refractivity contribution in [2.24, 2.45) is 5.92 Å². The minimum absolute atomic E-state index is 0. The molecular formula is C15H22ClNO4. The van der Waals surface area contributed by atoms with Gasteiger partial charge >= 0.3 is 5.97 Å². The first kappa shape index (κ1) is 17.9. The number of β-amino-alcohol motifs (C(OH)–C–C–N with tert-alkyl or cyclic N) is 2. The molecule has 6 heteroatoms. The highest BCUT2D eigenvalue weighted by Crippen LogP contribution is 2.27. The van der Waals surface area contributed by atoms with Gasteiger partial charge in [-0.2, -0.15) is 0 Å². The SMILES string of the molecule is CCOC(=O)C1CCN(Cc2ccccc2)CC1(O)O.Cl. The van der Waals surface area contributed by atoms with Crippen LogP contribution in [0.5, 0.6) is 0 Å². The number of hydrogen-bond donors (Lipinski definition) is 2. The normalized spacial score (nSPS) is 21.4. The summed E-state index contributed by atoms with van der Waals surface area (Å²) in [7, 11) is 0.